The van der Waals surface area contributed by atoms with Crippen molar-refractivity contribution in [1.82, 2.24) is 20.1 Å². The van der Waals surface area contributed by atoms with Crippen molar-refractivity contribution in [3.8, 4) is 17.0 Å². The second-order valence-corrected chi connectivity index (χ2v) is 11.2. The van der Waals surface area contributed by atoms with Gasteiger partial charge in [-0.15, -0.1) is 0 Å². The molecule has 0 bridgehead atoms. The third-order valence-electron chi connectivity index (χ3n) is 8.75. The van der Waals surface area contributed by atoms with Crippen LogP contribution in [0.1, 0.15) is 59.5 Å². The Kier molecular flexibility index (Phi) is 7.63. The molecule has 3 aromatic rings. The average Bonchev–Trinajstić information content (AvgIpc) is 3.20. The topological polar surface area (TPSA) is 95.8 Å². The Labute approximate surface area is 235 Å². The third-order valence-corrected chi connectivity index (χ3v) is 8.75. The number of carbonyl (C=O) groups is 2. The van der Waals surface area contributed by atoms with E-state index in [1.165, 1.54) is 24.8 Å². The minimum atomic E-state index is -0.947. The predicted molar refractivity (Wildman–Crippen MR) is 157 cm³/mol. The molecule has 3 aliphatic rings. The first kappa shape index (κ1) is 26.6. The summed E-state index contributed by atoms with van der Waals surface area (Å²) in [5, 5.41) is 17.4. The van der Waals surface area contributed by atoms with E-state index in [0.717, 1.165) is 79.0 Å². The molecule has 2 aromatic carbocycles. The first-order valence-electron chi connectivity index (χ1n) is 14.5. The van der Waals surface area contributed by atoms with Crippen molar-refractivity contribution in [3.63, 3.8) is 0 Å². The smallest absolute Gasteiger partial charge is 0.335 e. The number of carboxylic acid groups (broad SMARTS) is 1. The maximum atomic E-state index is 13.6. The summed E-state index contributed by atoms with van der Waals surface area (Å²) in [7, 11) is 1.66. The summed E-state index contributed by atoms with van der Waals surface area (Å²) in [6.07, 6.45) is 7.86. The summed E-state index contributed by atoms with van der Waals surface area (Å²) < 4.78 is 7.76. The van der Waals surface area contributed by atoms with Gasteiger partial charge in [0.1, 0.15) is 5.75 Å². The summed E-state index contributed by atoms with van der Waals surface area (Å²) >= 11 is 0. The number of hydrogen-bond donors (Lipinski definition) is 3. The zero-order chi connectivity index (χ0) is 27.6. The van der Waals surface area contributed by atoms with Crippen molar-refractivity contribution in [2.75, 3.05) is 46.4 Å². The van der Waals surface area contributed by atoms with Gasteiger partial charge in [0.2, 0.25) is 5.91 Å². The molecule has 8 nitrogen and oxygen atoms in total. The van der Waals surface area contributed by atoms with Gasteiger partial charge in [0.15, 0.2) is 0 Å². The van der Waals surface area contributed by atoms with Crippen LogP contribution in [0.4, 0.5) is 0 Å². The number of nitrogens with one attached hydrogen (secondary N) is 2. The molecule has 6 rings (SSSR count). The molecule has 1 saturated carbocycles. The van der Waals surface area contributed by atoms with Crippen LogP contribution in [0.5, 0.6) is 5.75 Å². The van der Waals surface area contributed by atoms with Crippen LogP contribution in [0.15, 0.2) is 42.0 Å². The van der Waals surface area contributed by atoms with Gasteiger partial charge in [0.05, 0.1) is 24.9 Å². The zero-order valence-corrected chi connectivity index (χ0v) is 23.2. The van der Waals surface area contributed by atoms with Gasteiger partial charge in [-0.05, 0) is 66.3 Å². The number of fused-ring (bicyclic) bond motifs is 5. The molecule has 3 heterocycles. The van der Waals surface area contributed by atoms with Gasteiger partial charge >= 0.3 is 5.97 Å². The number of ether oxygens (including phenoxy) is 1. The molecule has 0 atom stereocenters. The average molecular weight is 543 g/mol. The number of methoxy groups -OCH3 is 1. The summed E-state index contributed by atoms with van der Waals surface area (Å²) in [6, 6.07) is 11.5. The number of aromatic carboxylic acids is 1. The van der Waals surface area contributed by atoms with Crippen molar-refractivity contribution < 1.29 is 19.4 Å². The standard InChI is InChI=1S/C32H38N4O4/c1-40-25-8-10-26-23(18-25)17-24(31(37)34-13-16-35-14-11-33-12-15-35)20-36-28-19-22(32(38)39)7-9-27(28)29(30(26)36)21-5-3-2-4-6-21/h7-10,17-19,21,33H,2-6,11-16,20H2,1H3,(H,34,37)(H,38,39). The number of rotatable bonds is 7. The van der Waals surface area contributed by atoms with E-state index in [1.54, 1.807) is 19.2 Å². The lowest BCUT2D eigenvalue weighted by Crippen LogP contribution is -2.46. The molecule has 40 heavy (non-hydrogen) atoms. The Hall–Kier alpha value is -3.62. The molecule has 1 aliphatic carbocycles. The number of aromatic nitrogens is 1. The lowest BCUT2D eigenvalue weighted by atomic mass is 9.81. The number of amides is 1. The number of nitrogens with zero attached hydrogens (tertiary/aromatic N) is 2. The van der Waals surface area contributed by atoms with Crippen LogP contribution in [0.2, 0.25) is 0 Å². The van der Waals surface area contributed by atoms with E-state index in [4.69, 9.17) is 4.74 Å². The van der Waals surface area contributed by atoms with Crippen molar-refractivity contribution >= 4 is 28.9 Å². The number of carboxylic acids is 1. The van der Waals surface area contributed by atoms with Gasteiger partial charge in [-0.3, -0.25) is 9.69 Å². The fourth-order valence-electron chi connectivity index (χ4n) is 6.69. The SMILES string of the molecule is COc1ccc2c(c1)C=C(C(=O)NCCN1CCNCC1)Cn1c-2c(C2CCCCC2)c2ccc(C(=O)O)cc21. The highest BCUT2D eigenvalue weighted by Gasteiger charge is 2.30. The second-order valence-electron chi connectivity index (χ2n) is 11.2. The van der Waals surface area contributed by atoms with Crippen LogP contribution in [-0.4, -0.2) is 72.8 Å². The maximum absolute atomic E-state index is 13.6. The Morgan fingerprint density at radius 3 is 2.62 bits per heavy atom. The van der Waals surface area contributed by atoms with Gasteiger partial charge < -0.3 is 25.0 Å². The van der Waals surface area contributed by atoms with E-state index in [9.17, 15) is 14.7 Å². The highest BCUT2D eigenvalue weighted by molar-refractivity contribution is 6.03. The normalized spacial score (nSPS) is 18.0. The number of carbonyl (C=O) groups excluding carboxylic acids is 1. The maximum Gasteiger partial charge on any atom is 0.335 e. The van der Waals surface area contributed by atoms with Gasteiger partial charge in [0, 0.05) is 61.3 Å². The van der Waals surface area contributed by atoms with E-state index in [1.807, 2.05) is 24.3 Å². The Balaban J connectivity index is 1.45. The van der Waals surface area contributed by atoms with Gasteiger partial charge in [-0.2, -0.15) is 0 Å². The Morgan fingerprint density at radius 1 is 1.07 bits per heavy atom. The highest BCUT2D eigenvalue weighted by atomic mass is 16.5. The molecule has 3 N–H and O–H groups in total. The van der Waals surface area contributed by atoms with Gasteiger partial charge in [0.25, 0.3) is 0 Å². The Bertz CT molecular complexity index is 1460. The van der Waals surface area contributed by atoms with E-state index >= 15 is 0 Å². The number of hydrogen-bond acceptors (Lipinski definition) is 5. The van der Waals surface area contributed by atoms with E-state index in [-0.39, 0.29) is 11.5 Å². The fraction of sp³-hybridized carbons (Fsp3) is 0.438. The van der Waals surface area contributed by atoms with Gasteiger partial charge in [-0.1, -0.05) is 25.3 Å². The molecular weight excluding hydrogens is 504 g/mol. The first-order chi connectivity index (χ1) is 19.5. The molecule has 1 amide bonds. The van der Waals surface area contributed by atoms with Crippen molar-refractivity contribution in [2.45, 2.75) is 44.6 Å². The van der Waals surface area contributed by atoms with Crippen LogP contribution < -0.4 is 15.4 Å². The second kappa shape index (κ2) is 11.5. The molecule has 0 unspecified atom stereocenters. The van der Waals surface area contributed by atoms with Gasteiger partial charge in [-0.25, -0.2) is 4.79 Å². The first-order valence-corrected chi connectivity index (χ1v) is 14.5. The number of benzene rings is 2. The quantitative estimate of drug-likeness (QED) is 0.408. The number of piperazine rings is 1. The van der Waals surface area contributed by atoms with Crippen LogP contribution in [0.3, 0.4) is 0 Å². The van der Waals surface area contributed by atoms with Crippen LogP contribution >= 0.6 is 0 Å². The molecule has 0 radical (unpaired) electrons. The molecule has 2 aliphatic heterocycles. The molecule has 1 saturated heterocycles. The van der Waals surface area contributed by atoms with Crippen LogP contribution in [-0.2, 0) is 11.3 Å². The molecular formula is C32H38N4O4. The Morgan fingerprint density at radius 2 is 1.88 bits per heavy atom. The predicted octanol–water partition coefficient (Wildman–Crippen LogP) is 4.48. The largest absolute Gasteiger partial charge is 0.497 e. The summed E-state index contributed by atoms with van der Waals surface area (Å²) in [5.74, 6) is 0.0991. The summed E-state index contributed by atoms with van der Waals surface area (Å²) in [5.41, 5.74) is 6.17. The molecule has 1 aromatic heterocycles. The third kappa shape index (κ3) is 5.13. The van der Waals surface area contributed by atoms with E-state index in [0.29, 0.717) is 24.6 Å². The van der Waals surface area contributed by atoms with E-state index < -0.39 is 5.97 Å². The lowest BCUT2D eigenvalue weighted by Gasteiger charge is -2.27. The minimum absolute atomic E-state index is 0.0905. The van der Waals surface area contributed by atoms with Crippen LogP contribution in [0.25, 0.3) is 28.2 Å². The lowest BCUT2D eigenvalue weighted by molar-refractivity contribution is -0.117. The zero-order valence-electron chi connectivity index (χ0n) is 23.2. The van der Waals surface area contributed by atoms with Crippen molar-refractivity contribution in [2.24, 2.45) is 0 Å². The molecule has 2 fully saturated rings. The van der Waals surface area contributed by atoms with Crippen molar-refractivity contribution in [1.29, 1.82) is 0 Å². The minimum Gasteiger partial charge on any atom is -0.497 e. The highest BCUT2D eigenvalue weighted by Crippen LogP contribution is 2.47. The molecule has 0 spiro atoms. The van der Waals surface area contributed by atoms with Crippen molar-refractivity contribution in [3.05, 3.63) is 58.7 Å². The summed E-state index contributed by atoms with van der Waals surface area (Å²) in [4.78, 5) is 28.0. The van der Waals surface area contributed by atoms with Crippen LogP contribution in [0, 0.1) is 0 Å². The summed E-state index contributed by atoms with van der Waals surface area (Å²) in [6.45, 7) is 5.69. The monoisotopic (exact) mass is 542 g/mol. The van der Waals surface area contributed by atoms with E-state index in [2.05, 4.69) is 26.2 Å². The molecule has 8 heteroatoms. The fourth-order valence-corrected chi connectivity index (χ4v) is 6.69. The molecule has 210 valence electrons.